The molecule has 1 fully saturated rings. The molecule has 112 valence electrons. The molecule has 4 rings (SSSR count). The van der Waals surface area contributed by atoms with E-state index >= 15 is 0 Å². The van der Waals surface area contributed by atoms with Crippen LogP contribution < -0.4 is 4.90 Å². The molecule has 5 heteroatoms. The van der Waals surface area contributed by atoms with Crippen LogP contribution in [-0.2, 0) is 0 Å². The van der Waals surface area contributed by atoms with Gasteiger partial charge in [0.2, 0.25) is 5.95 Å². The molecule has 0 atom stereocenters. The number of H-pyrrole nitrogens is 1. The van der Waals surface area contributed by atoms with Gasteiger partial charge in [-0.2, -0.15) is 0 Å². The van der Waals surface area contributed by atoms with Crippen molar-refractivity contribution in [1.29, 1.82) is 0 Å². The second kappa shape index (κ2) is 5.42. The molecule has 1 saturated heterocycles. The molecule has 2 N–H and O–H groups in total. The number of aliphatic hydroxyl groups is 1. The second-order valence-electron chi connectivity index (χ2n) is 5.76. The van der Waals surface area contributed by atoms with E-state index in [2.05, 4.69) is 38.1 Å². The summed E-state index contributed by atoms with van der Waals surface area (Å²) in [5.41, 5.74) is 3.13. The van der Waals surface area contributed by atoms with E-state index in [1.165, 1.54) is 5.39 Å². The van der Waals surface area contributed by atoms with Crippen LogP contribution in [0.3, 0.4) is 0 Å². The van der Waals surface area contributed by atoms with Crippen molar-refractivity contribution < 1.29 is 5.11 Å². The van der Waals surface area contributed by atoms with Crippen molar-refractivity contribution in [1.82, 2.24) is 15.0 Å². The number of hydrogen-bond acceptors (Lipinski definition) is 4. The minimum absolute atomic E-state index is 0.179. The molecular weight excluding hydrogens is 276 g/mol. The molecule has 1 aromatic carbocycles. The average molecular weight is 294 g/mol. The maximum absolute atomic E-state index is 9.56. The van der Waals surface area contributed by atoms with Crippen LogP contribution in [0.2, 0.25) is 0 Å². The lowest BCUT2D eigenvalue weighted by molar-refractivity contribution is 0.145. The minimum Gasteiger partial charge on any atom is -0.393 e. The van der Waals surface area contributed by atoms with Gasteiger partial charge in [0.05, 0.1) is 6.10 Å². The number of piperidine rings is 1. The van der Waals surface area contributed by atoms with Crippen LogP contribution in [0, 0.1) is 0 Å². The summed E-state index contributed by atoms with van der Waals surface area (Å²) < 4.78 is 0. The highest BCUT2D eigenvalue weighted by atomic mass is 16.3. The Bertz CT molecular complexity index is 740. The number of nitrogens with one attached hydrogen (secondary N) is 1. The molecule has 0 radical (unpaired) electrons. The summed E-state index contributed by atoms with van der Waals surface area (Å²) in [5, 5.41) is 10.8. The van der Waals surface area contributed by atoms with Gasteiger partial charge in [0.25, 0.3) is 0 Å². The van der Waals surface area contributed by atoms with Crippen LogP contribution in [0.4, 0.5) is 5.95 Å². The predicted octanol–water partition coefficient (Wildman–Crippen LogP) is 2.59. The van der Waals surface area contributed by atoms with Gasteiger partial charge in [0.1, 0.15) is 0 Å². The molecule has 2 aromatic heterocycles. The number of aromatic nitrogens is 3. The van der Waals surface area contributed by atoms with E-state index in [4.69, 9.17) is 0 Å². The smallest absolute Gasteiger partial charge is 0.225 e. The van der Waals surface area contributed by atoms with Gasteiger partial charge >= 0.3 is 0 Å². The number of benzene rings is 1. The van der Waals surface area contributed by atoms with Gasteiger partial charge in [-0.25, -0.2) is 9.97 Å². The first-order valence-corrected chi connectivity index (χ1v) is 7.63. The lowest BCUT2D eigenvalue weighted by Gasteiger charge is -2.29. The number of hydrogen-bond donors (Lipinski definition) is 2. The summed E-state index contributed by atoms with van der Waals surface area (Å²) in [4.78, 5) is 14.5. The Kier molecular flexibility index (Phi) is 3.27. The third-order valence-corrected chi connectivity index (χ3v) is 4.23. The van der Waals surface area contributed by atoms with Gasteiger partial charge < -0.3 is 15.0 Å². The molecule has 0 bridgehead atoms. The van der Waals surface area contributed by atoms with Crippen molar-refractivity contribution in [3.63, 3.8) is 0 Å². The number of aromatic amines is 1. The first kappa shape index (κ1) is 13.3. The monoisotopic (exact) mass is 294 g/mol. The number of nitrogens with zero attached hydrogens (tertiary/aromatic N) is 3. The normalized spacial score (nSPS) is 16.3. The third kappa shape index (κ3) is 2.44. The molecule has 5 nitrogen and oxygen atoms in total. The van der Waals surface area contributed by atoms with Gasteiger partial charge in [-0.05, 0) is 25.0 Å². The Morgan fingerprint density at radius 2 is 1.82 bits per heavy atom. The molecule has 0 spiro atoms. The number of rotatable bonds is 2. The van der Waals surface area contributed by atoms with Crippen molar-refractivity contribution in [2.75, 3.05) is 18.0 Å². The topological polar surface area (TPSA) is 65.0 Å². The minimum atomic E-state index is -0.179. The van der Waals surface area contributed by atoms with Crippen molar-refractivity contribution >= 4 is 16.9 Å². The molecule has 0 amide bonds. The number of anilines is 1. The lowest BCUT2D eigenvalue weighted by Crippen LogP contribution is -2.36. The SMILES string of the molecule is OC1CCN(c2ncc(-c3cc4ccccc4[nH]3)cn2)CC1. The zero-order valence-electron chi connectivity index (χ0n) is 12.2. The molecule has 0 unspecified atom stereocenters. The summed E-state index contributed by atoms with van der Waals surface area (Å²) in [6, 6.07) is 10.3. The molecule has 3 aromatic rings. The molecule has 0 saturated carbocycles. The molecule has 3 heterocycles. The van der Waals surface area contributed by atoms with Gasteiger partial charge in [0.15, 0.2) is 0 Å². The quantitative estimate of drug-likeness (QED) is 0.762. The third-order valence-electron chi connectivity index (χ3n) is 4.23. The lowest BCUT2D eigenvalue weighted by atomic mass is 10.1. The summed E-state index contributed by atoms with van der Waals surface area (Å²) in [7, 11) is 0. The van der Waals surface area contributed by atoms with Crippen molar-refractivity contribution in [2.24, 2.45) is 0 Å². The Morgan fingerprint density at radius 3 is 2.55 bits per heavy atom. The van der Waals surface area contributed by atoms with Crippen molar-refractivity contribution in [2.45, 2.75) is 18.9 Å². The Hall–Kier alpha value is -2.40. The second-order valence-corrected chi connectivity index (χ2v) is 5.76. The summed E-state index contributed by atoms with van der Waals surface area (Å²) in [6.45, 7) is 1.62. The van der Waals surface area contributed by atoms with Crippen LogP contribution in [0.1, 0.15) is 12.8 Å². The van der Waals surface area contributed by atoms with E-state index in [-0.39, 0.29) is 6.10 Å². The van der Waals surface area contributed by atoms with E-state index in [0.29, 0.717) is 0 Å². The van der Waals surface area contributed by atoms with Gasteiger partial charge in [-0.1, -0.05) is 18.2 Å². The van der Waals surface area contributed by atoms with Crippen LogP contribution in [0.15, 0.2) is 42.7 Å². The number of aliphatic hydroxyl groups excluding tert-OH is 1. The van der Waals surface area contributed by atoms with E-state index in [1.807, 2.05) is 24.5 Å². The number of para-hydroxylation sites is 1. The highest BCUT2D eigenvalue weighted by Gasteiger charge is 2.19. The summed E-state index contributed by atoms with van der Waals surface area (Å²) in [5.74, 6) is 0.742. The van der Waals surface area contributed by atoms with Gasteiger partial charge in [-0.3, -0.25) is 0 Å². The van der Waals surface area contributed by atoms with Crippen LogP contribution in [-0.4, -0.2) is 39.3 Å². The fourth-order valence-electron chi connectivity index (χ4n) is 2.92. The van der Waals surface area contributed by atoms with Gasteiger partial charge in [0, 0.05) is 47.6 Å². The summed E-state index contributed by atoms with van der Waals surface area (Å²) >= 11 is 0. The first-order valence-electron chi connectivity index (χ1n) is 7.63. The Morgan fingerprint density at radius 1 is 1.09 bits per heavy atom. The van der Waals surface area contributed by atoms with E-state index in [0.717, 1.165) is 48.7 Å². The molecule has 22 heavy (non-hydrogen) atoms. The number of fused-ring (bicyclic) bond motifs is 1. The maximum atomic E-state index is 9.56. The van der Waals surface area contributed by atoms with E-state index in [9.17, 15) is 5.11 Å². The standard InChI is InChI=1S/C17H18N4O/c22-14-5-7-21(8-6-14)17-18-10-13(11-19-17)16-9-12-3-1-2-4-15(12)20-16/h1-4,9-11,14,20,22H,5-8H2. The zero-order valence-corrected chi connectivity index (χ0v) is 12.2. The highest BCUT2D eigenvalue weighted by molar-refractivity contribution is 5.85. The predicted molar refractivity (Wildman–Crippen MR) is 86.8 cm³/mol. The van der Waals surface area contributed by atoms with E-state index in [1.54, 1.807) is 0 Å². The van der Waals surface area contributed by atoms with Gasteiger partial charge in [-0.15, -0.1) is 0 Å². The molecule has 1 aliphatic heterocycles. The average Bonchev–Trinajstić information content (AvgIpc) is 3.00. The molecule has 0 aliphatic carbocycles. The van der Waals surface area contributed by atoms with Crippen LogP contribution in [0.25, 0.3) is 22.2 Å². The maximum Gasteiger partial charge on any atom is 0.225 e. The molecular formula is C17H18N4O. The fraction of sp³-hybridized carbons (Fsp3) is 0.294. The van der Waals surface area contributed by atoms with Crippen LogP contribution in [0.5, 0.6) is 0 Å². The Labute approximate surface area is 128 Å². The van der Waals surface area contributed by atoms with Crippen molar-refractivity contribution in [3.05, 3.63) is 42.7 Å². The zero-order chi connectivity index (χ0) is 14.9. The highest BCUT2D eigenvalue weighted by Crippen LogP contribution is 2.24. The molecule has 1 aliphatic rings. The van der Waals surface area contributed by atoms with E-state index < -0.39 is 0 Å². The fourth-order valence-corrected chi connectivity index (χ4v) is 2.92. The van der Waals surface area contributed by atoms with Crippen LogP contribution >= 0.6 is 0 Å². The Balaban J connectivity index is 1.58. The summed E-state index contributed by atoms with van der Waals surface area (Å²) in [6.07, 6.45) is 5.11. The first-order chi connectivity index (χ1) is 10.8. The largest absolute Gasteiger partial charge is 0.393 e. The van der Waals surface area contributed by atoms with Crippen molar-refractivity contribution in [3.8, 4) is 11.3 Å².